The second-order valence-electron chi connectivity index (χ2n) is 5.82. The third kappa shape index (κ3) is 4.21. The van der Waals surface area contributed by atoms with E-state index in [9.17, 15) is 4.79 Å². The first-order chi connectivity index (χ1) is 7.69. The van der Waals surface area contributed by atoms with Crippen molar-refractivity contribution in [2.24, 2.45) is 0 Å². The fraction of sp³-hybridized carbons (Fsp3) is 0.692. The molecule has 0 saturated carbocycles. The van der Waals surface area contributed by atoms with Crippen molar-refractivity contribution in [1.82, 2.24) is 15.1 Å². The highest BCUT2D eigenvalue weighted by molar-refractivity contribution is 5.76. The number of hydrogen-bond donors (Lipinski definition) is 1. The number of aromatic nitrogens is 2. The molecule has 0 unspecified atom stereocenters. The van der Waals surface area contributed by atoms with Crippen molar-refractivity contribution >= 4 is 5.91 Å². The monoisotopic (exact) mass is 237 g/mol. The number of carbonyl (C=O) groups excluding carboxylic acids is 1. The molecule has 1 aromatic heterocycles. The number of nitrogens with one attached hydrogen (secondary N) is 1. The number of nitrogens with zero attached hydrogens (tertiary/aromatic N) is 2. The van der Waals surface area contributed by atoms with E-state index in [2.05, 4.69) is 24.3 Å². The van der Waals surface area contributed by atoms with Crippen LogP contribution in [0.2, 0.25) is 0 Å². The Morgan fingerprint density at radius 2 is 2.06 bits per heavy atom. The molecule has 96 valence electrons. The zero-order valence-corrected chi connectivity index (χ0v) is 11.7. The number of aryl methyl sites for hydroxylation is 1. The van der Waals surface area contributed by atoms with Gasteiger partial charge in [0, 0.05) is 11.7 Å². The molecule has 1 amide bonds. The summed E-state index contributed by atoms with van der Waals surface area (Å²) in [5.74, 6) is 0.435. The van der Waals surface area contributed by atoms with E-state index in [0.717, 1.165) is 5.69 Å². The van der Waals surface area contributed by atoms with Crippen LogP contribution in [0.5, 0.6) is 0 Å². The minimum absolute atomic E-state index is 0.00435. The van der Waals surface area contributed by atoms with Gasteiger partial charge in [-0.15, -0.1) is 0 Å². The summed E-state index contributed by atoms with van der Waals surface area (Å²) in [6.07, 6.45) is 1.96. The summed E-state index contributed by atoms with van der Waals surface area (Å²) in [5, 5.41) is 7.28. The summed E-state index contributed by atoms with van der Waals surface area (Å²) in [5.41, 5.74) is 2.01. The maximum Gasteiger partial charge on any atom is 0.242 e. The van der Waals surface area contributed by atoms with Crippen molar-refractivity contribution in [2.45, 2.75) is 59.5 Å². The summed E-state index contributed by atoms with van der Waals surface area (Å²) >= 11 is 0. The molecular formula is C13H23N3O. The summed E-state index contributed by atoms with van der Waals surface area (Å²) < 4.78 is 1.71. The average molecular weight is 237 g/mol. The Morgan fingerprint density at radius 1 is 1.47 bits per heavy atom. The van der Waals surface area contributed by atoms with Crippen LogP contribution in [-0.4, -0.2) is 21.2 Å². The van der Waals surface area contributed by atoms with E-state index in [-0.39, 0.29) is 18.0 Å². The van der Waals surface area contributed by atoms with Gasteiger partial charge < -0.3 is 5.32 Å². The quantitative estimate of drug-likeness (QED) is 0.876. The SMILES string of the molecule is Cc1nn(CC(=O)NC(C)(C)C)cc1C(C)C. The van der Waals surface area contributed by atoms with Crippen LogP contribution in [0.1, 0.15) is 51.8 Å². The number of hydrogen-bond acceptors (Lipinski definition) is 2. The zero-order chi connectivity index (χ0) is 13.2. The van der Waals surface area contributed by atoms with Gasteiger partial charge in [-0.1, -0.05) is 13.8 Å². The lowest BCUT2D eigenvalue weighted by molar-refractivity contribution is -0.123. The maximum atomic E-state index is 11.7. The normalized spacial score (nSPS) is 11.9. The molecule has 1 aromatic rings. The van der Waals surface area contributed by atoms with E-state index >= 15 is 0 Å². The Kier molecular flexibility index (Phi) is 3.96. The second-order valence-corrected chi connectivity index (χ2v) is 5.82. The maximum absolute atomic E-state index is 11.7. The Balaban J connectivity index is 2.70. The fourth-order valence-corrected chi connectivity index (χ4v) is 1.79. The third-order valence-electron chi connectivity index (χ3n) is 2.43. The fourth-order valence-electron chi connectivity index (χ4n) is 1.79. The molecule has 1 rings (SSSR count). The highest BCUT2D eigenvalue weighted by Crippen LogP contribution is 2.17. The Bertz CT molecular complexity index is 399. The van der Waals surface area contributed by atoms with Crippen LogP contribution >= 0.6 is 0 Å². The molecule has 4 heteroatoms. The van der Waals surface area contributed by atoms with Crippen LogP contribution in [0, 0.1) is 6.92 Å². The first-order valence-electron chi connectivity index (χ1n) is 6.04. The molecule has 0 saturated heterocycles. The lowest BCUT2D eigenvalue weighted by atomic mass is 10.1. The Labute approximate surface area is 103 Å². The topological polar surface area (TPSA) is 46.9 Å². The molecule has 1 N–H and O–H groups in total. The zero-order valence-electron chi connectivity index (χ0n) is 11.7. The summed E-state index contributed by atoms with van der Waals surface area (Å²) in [7, 11) is 0. The predicted octanol–water partition coefficient (Wildman–Crippen LogP) is 2.23. The highest BCUT2D eigenvalue weighted by atomic mass is 16.2. The molecule has 0 aliphatic carbocycles. The van der Waals surface area contributed by atoms with Crippen LogP contribution < -0.4 is 5.32 Å². The molecule has 0 spiro atoms. The van der Waals surface area contributed by atoms with Gasteiger partial charge in [-0.2, -0.15) is 5.10 Å². The predicted molar refractivity (Wildman–Crippen MR) is 68.9 cm³/mol. The summed E-state index contributed by atoms with van der Waals surface area (Å²) in [4.78, 5) is 11.7. The molecule has 1 heterocycles. The lowest BCUT2D eigenvalue weighted by Gasteiger charge is -2.20. The van der Waals surface area contributed by atoms with Gasteiger partial charge in [0.15, 0.2) is 0 Å². The molecule has 0 bridgehead atoms. The van der Waals surface area contributed by atoms with Crippen LogP contribution in [0.4, 0.5) is 0 Å². The molecule has 0 radical (unpaired) electrons. The average Bonchev–Trinajstić information content (AvgIpc) is 2.42. The van der Waals surface area contributed by atoms with E-state index in [0.29, 0.717) is 5.92 Å². The van der Waals surface area contributed by atoms with Crippen LogP contribution in [-0.2, 0) is 11.3 Å². The van der Waals surface area contributed by atoms with Crippen molar-refractivity contribution < 1.29 is 4.79 Å². The molecule has 0 aliphatic heterocycles. The van der Waals surface area contributed by atoms with Gasteiger partial charge >= 0.3 is 0 Å². The van der Waals surface area contributed by atoms with Gasteiger partial charge in [0.2, 0.25) is 5.91 Å². The lowest BCUT2D eigenvalue weighted by Crippen LogP contribution is -2.42. The number of rotatable bonds is 3. The molecule has 0 atom stereocenters. The Hall–Kier alpha value is -1.32. The largest absolute Gasteiger partial charge is 0.350 e. The van der Waals surface area contributed by atoms with E-state index in [1.54, 1.807) is 4.68 Å². The second kappa shape index (κ2) is 4.90. The van der Waals surface area contributed by atoms with Crippen molar-refractivity contribution in [3.8, 4) is 0 Å². The number of carbonyl (C=O) groups is 1. The van der Waals surface area contributed by atoms with E-state index < -0.39 is 0 Å². The van der Waals surface area contributed by atoms with Crippen molar-refractivity contribution in [2.75, 3.05) is 0 Å². The van der Waals surface area contributed by atoms with E-state index in [1.165, 1.54) is 5.56 Å². The minimum Gasteiger partial charge on any atom is -0.350 e. The highest BCUT2D eigenvalue weighted by Gasteiger charge is 2.15. The van der Waals surface area contributed by atoms with Crippen LogP contribution in [0.15, 0.2) is 6.20 Å². The van der Waals surface area contributed by atoms with E-state index in [1.807, 2.05) is 33.9 Å². The Morgan fingerprint density at radius 3 is 2.47 bits per heavy atom. The molecule has 0 fully saturated rings. The van der Waals surface area contributed by atoms with Crippen molar-refractivity contribution in [3.05, 3.63) is 17.5 Å². The van der Waals surface area contributed by atoms with Crippen molar-refractivity contribution in [1.29, 1.82) is 0 Å². The molecule has 0 aliphatic rings. The molecule has 17 heavy (non-hydrogen) atoms. The standard InChI is InChI=1S/C13H23N3O/c1-9(2)11-7-16(15-10(11)3)8-12(17)14-13(4,5)6/h7,9H,8H2,1-6H3,(H,14,17). The van der Waals surface area contributed by atoms with Gasteiger partial charge in [0.25, 0.3) is 0 Å². The number of amides is 1. The minimum atomic E-state index is -0.194. The van der Waals surface area contributed by atoms with Gasteiger partial charge in [-0.05, 0) is 39.2 Å². The van der Waals surface area contributed by atoms with Crippen molar-refractivity contribution in [3.63, 3.8) is 0 Å². The van der Waals surface area contributed by atoms with Gasteiger partial charge in [-0.3, -0.25) is 9.48 Å². The summed E-state index contributed by atoms with van der Waals surface area (Å²) in [6, 6.07) is 0. The van der Waals surface area contributed by atoms with Gasteiger partial charge in [0.1, 0.15) is 6.54 Å². The smallest absolute Gasteiger partial charge is 0.242 e. The van der Waals surface area contributed by atoms with E-state index in [4.69, 9.17) is 0 Å². The van der Waals surface area contributed by atoms with Crippen LogP contribution in [0.3, 0.4) is 0 Å². The first kappa shape index (κ1) is 13.7. The first-order valence-corrected chi connectivity index (χ1v) is 6.04. The van der Waals surface area contributed by atoms with Gasteiger partial charge in [-0.25, -0.2) is 0 Å². The molecule has 4 nitrogen and oxygen atoms in total. The third-order valence-corrected chi connectivity index (χ3v) is 2.43. The molecular weight excluding hydrogens is 214 g/mol. The summed E-state index contributed by atoms with van der Waals surface area (Å²) in [6.45, 7) is 12.4. The molecule has 0 aromatic carbocycles. The van der Waals surface area contributed by atoms with Crippen LogP contribution in [0.25, 0.3) is 0 Å². The van der Waals surface area contributed by atoms with Gasteiger partial charge in [0.05, 0.1) is 5.69 Å².